The monoisotopic (exact) mass is 342 g/mol. The number of aryl methyl sites for hydroxylation is 1. The SMILES string of the molecule is Cc1ccc(C(O)(c2ccc(Cl)cc2)c2ccc(Cl)cc2)cc1. The first-order chi connectivity index (χ1) is 11.0. The van der Waals surface area contributed by atoms with E-state index in [2.05, 4.69) is 0 Å². The van der Waals surface area contributed by atoms with E-state index < -0.39 is 5.60 Å². The van der Waals surface area contributed by atoms with E-state index in [1.807, 2.05) is 55.5 Å². The van der Waals surface area contributed by atoms with Crippen LogP contribution < -0.4 is 0 Å². The van der Waals surface area contributed by atoms with Crippen molar-refractivity contribution in [3.8, 4) is 0 Å². The molecule has 1 N–H and O–H groups in total. The molecule has 23 heavy (non-hydrogen) atoms. The van der Waals surface area contributed by atoms with Crippen molar-refractivity contribution in [2.24, 2.45) is 0 Å². The second-order valence-electron chi connectivity index (χ2n) is 5.59. The lowest BCUT2D eigenvalue weighted by atomic mass is 9.80. The van der Waals surface area contributed by atoms with Gasteiger partial charge in [-0.2, -0.15) is 0 Å². The molecule has 3 heteroatoms. The second-order valence-corrected chi connectivity index (χ2v) is 6.46. The van der Waals surface area contributed by atoms with Gasteiger partial charge in [0, 0.05) is 10.0 Å². The fraction of sp³-hybridized carbons (Fsp3) is 0.100. The maximum Gasteiger partial charge on any atom is 0.140 e. The van der Waals surface area contributed by atoms with Gasteiger partial charge in [0.25, 0.3) is 0 Å². The molecule has 0 saturated heterocycles. The predicted octanol–water partition coefficient (Wildman–Crippen LogP) is 5.59. The van der Waals surface area contributed by atoms with Crippen LogP contribution in [0.3, 0.4) is 0 Å². The lowest BCUT2D eigenvalue weighted by molar-refractivity contribution is 0.125. The molecular weight excluding hydrogens is 327 g/mol. The zero-order chi connectivity index (χ0) is 16.4. The quantitative estimate of drug-likeness (QED) is 0.615. The smallest absolute Gasteiger partial charge is 0.140 e. The van der Waals surface area contributed by atoms with Gasteiger partial charge in [-0.25, -0.2) is 0 Å². The van der Waals surface area contributed by atoms with Crippen LogP contribution in [0.15, 0.2) is 72.8 Å². The lowest BCUT2D eigenvalue weighted by Gasteiger charge is -2.30. The molecule has 0 heterocycles. The van der Waals surface area contributed by atoms with Crippen LogP contribution >= 0.6 is 23.2 Å². The summed E-state index contributed by atoms with van der Waals surface area (Å²) >= 11 is 12.0. The first kappa shape index (κ1) is 16.1. The van der Waals surface area contributed by atoms with Gasteiger partial charge < -0.3 is 5.11 Å². The van der Waals surface area contributed by atoms with Gasteiger partial charge in [-0.05, 0) is 47.9 Å². The van der Waals surface area contributed by atoms with Gasteiger partial charge in [0.05, 0.1) is 0 Å². The van der Waals surface area contributed by atoms with Gasteiger partial charge in [-0.15, -0.1) is 0 Å². The van der Waals surface area contributed by atoms with Crippen LogP contribution in [0.5, 0.6) is 0 Å². The van der Waals surface area contributed by atoms with E-state index in [1.54, 1.807) is 24.3 Å². The lowest BCUT2D eigenvalue weighted by Crippen LogP contribution is -2.28. The molecule has 0 aromatic heterocycles. The highest BCUT2D eigenvalue weighted by Crippen LogP contribution is 2.37. The van der Waals surface area contributed by atoms with E-state index in [1.165, 1.54) is 0 Å². The minimum Gasteiger partial charge on any atom is -0.376 e. The van der Waals surface area contributed by atoms with E-state index in [0.29, 0.717) is 10.0 Å². The molecule has 0 saturated carbocycles. The Morgan fingerprint density at radius 3 is 1.26 bits per heavy atom. The molecule has 0 unspecified atom stereocenters. The van der Waals surface area contributed by atoms with Crippen molar-refractivity contribution in [3.63, 3.8) is 0 Å². The Hall–Kier alpha value is -1.80. The molecule has 3 aromatic rings. The summed E-state index contributed by atoms with van der Waals surface area (Å²) in [4.78, 5) is 0. The molecule has 3 rings (SSSR count). The molecule has 3 aromatic carbocycles. The van der Waals surface area contributed by atoms with Gasteiger partial charge in [-0.3, -0.25) is 0 Å². The van der Waals surface area contributed by atoms with Crippen LogP contribution in [0.25, 0.3) is 0 Å². The number of benzene rings is 3. The topological polar surface area (TPSA) is 20.2 Å². The molecule has 1 nitrogen and oxygen atoms in total. The maximum atomic E-state index is 11.6. The van der Waals surface area contributed by atoms with Crippen LogP contribution in [-0.4, -0.2) is 5.11 Å². The number of rotatable bonds is 3. The third kappa shape index (κ3) is 3.13. The molecule has 0 aliphatic rings. The number of aliphatic hydroxyl groups is 1. The number of hydrogen-bond donors (Lipinski definition) is 1. The Morgan fingerprint density at radius 2 is 0.913 bits per heavy atom. The summed E-state index contributed by atoms with van der Waals surface area (Å²) in [6, 6.07) is 22.4. The highest BCUT2D eigenvalue weighted by Gasteiger charge is 2.33. The van der Waals surface area contributed by atoms with Crippen molar-refractivity contribution < 1.29 is 5.11 Å². The Labute approximate surface area is 146 Å². The summed E-state index contributed by atoms with van der Waals surface area (Å²) in [6.07, 6.45) is 0. The molecule has 0 aliphatic heterocycles. The zero-order valence-corrected chi connectivity index (χ0v) is 14.1. The van der Waals surface area contributed by atoms with Gasteiger partial charge in [0.15, 0.2) is 0 Å². The van der Waals surface area contributed by atoms with Crippen molar-refractivity contribution in [2.75, 3.05) is 0 Å². The Bertz CT molecular complexity index is 680. The van der Waals surface area contributed by atoms with E-state index in [0.717, 1.165) is 22.3 Å². The largest absolute Gasteiger partial charge is 0.376 e. The van der Waals surface area contributed by atoms with E-state index in [4.69, 9.17) is 23.2 Å². The molecule has 0 bridgehead atoms. The van der Waals surface area contributed by atoms with Crippen LogP contribution in [-0.2, 0) is 5.60 Å². The minimum atomic E-state index is -1.26. The normalized spacial score (nSPS) is 11.5. The van der Waals surface area contributed by atoms with Crippen molar-refractivity contribution in [1.82, 2.24) is 0 Å². The fourth-order valence-electron chi connectivity index (χ4n) is 2.68. The summed E-state index contributed by atoms with van der Waals surface area (Å²) in [7, 11) is 0. The standard InChI is InChI=1S/C20H16Cl2O/c1-14-2-4-15(5-3-14)20(23,16-6-10-18(21)11-7-16)17-8-12-19(22)13-9-17/h2-13,23H,1H3. The molecular formula is C20H16Cl2O. The predicted molar refractivity (Wildman–Crippen MR) is 96.2 cm³/mol. The van der Waals surface area contributed by atoms with Crippen LogP contribution in [0, 0.1) is 6.92 Å². The fourth-order valence-corrected chi connectivity index (χ4v) is 2.93. The minimum absolute atomic E-state index is 0.635. The average Bonchev–Trinajstić information content (AvgIpc) is 2.56. The van der Waals surface area contributed by atoms with Gasteiger partial charge in [0.1, 0.15) is 5.60 Å². The van der Waals surface area contributed by atoms with Crippen molar-refractivity contribution in [2.45, 2.75) is 12.5 Å². The summed E-state index contributed by atoms with van der Waals surface area (Å²) in [5.41, 5.74) is 2.19. The summed E-state index contributed by atoms with van der Waals surface area (Å²) in [6.45, 7) is 2.02. The Balaban J connectivity index is 2.21. The van der Waals surface area contributed by atoms with Gasteiger partial charge in [0.2, 0.25) is 0 Å². The summed E-state index contributed by atoms with van der Waals surface area (Å²) < 4.78 is 0. The maximum absolute atomic E-state index is 11.6. The molecule has 0 aliphatic carbocycles. The molecule has 116 valence electrons. The second kappa shape index (κ2) is 6.37. The highest BCUT2D eigenvalue weighted by molar-refractivity contribution is 6.30. The van der Waals surface area contributed by atoms with E-state index >= 15 is 0 Å². The molecule has 0 fully saturated rings. The molecule has 0 spiro atoms. The van der Waals surface area contributed by atoms with Crippen LogP contribution in [0.2, 0.25) is 10.0 Å². The van der Waals surface area contributed by atoms with Gasteiger partial charge in [-0.1, -0.05) is 77.3 Å². The van der Waals surface area contributed by atoms with Crippen molar-refractivity contribution >= 4 is 23.2 Å². The summed E-state index contributed by atoms with van der Waals surface area (Å²) in [5, 5.41) is 12.9. The number of hydrogen-bond acceptors (Lipinski definition) is 1. The molecule has 0 amide bonds. The summed E-state index contributed by atoms with van der Waals surface area (Å²) in [5.74, 6) is 0. The van der Waals surface area contributed by atoms with Crippen LogP contribution in [0.4, 0.5) is 0 Å². The van der Waals surface area contributed by atoms with E-state index in [-0.39, 0.29) is 0 Å². The highest BCUT2D eigenvalue weighted by atomic mass is 35.5. The third-order valence-corrected chi connectivity index (χ3v) is 4.50. The van der Waals surface area contributed by atoms with Crippen LogP contribution in [0.1, 0.15) is 22.3 Å². The first-order valence-electron chi connectivity index (χ1n) is 7.32. The van der Waals surface area contributed by atoms with Crippen molar-refractivity contribution in [1.29, 1.82) is 0 Å². The first-order valence-corrected chi connectivity index (χ1v) is 8.07. The van der Waals surface area contributed by atoms with Gasteiger partial charge >= 0.3 is 0 Å². The molecule has 0 radical (unpaired) electrons. The Kier molecular flexibility index (Phi) is 4.45. The van der Waals surface area contributed by atoms with Crippen molar-refractivity contribution in [3.05, 3.63) is 105 Å². The Morgan fingerprint density at radius 1 is 0.609 bits per heavy atom. The zero-order valence-electron chi connectivity index (χ0n) is 12.6. The number of halogens is 2. The average molecular weight is 343 g/mol. The van der Waals surface area contributed by atoms with E-state index in [9.17, 15) is 5.11 Å². The third-order valence-electron chi connectivity index (χ3n) is 3.99. The molecule has 0 atom stereocenters.